The van der Waals surface area contributed by atoms with Crippen LogP contribution in [0, 0.1) is 0 Å². The summed E-state index contributed by atoms with van der Waals surface area (Å²) >= 11 is 4.27. The van der Waals surface area contributed by atoms with Gasteiger partial charge in [0.05, 0.1) is 0 Å². The van der Waals surface area contributed by atoms with Crippen molar-refractivity contribution < 1.29 is 4.74 Å². The summed E-state index contributed by atoms with van der Waals surface area (Å²) in [6.07, 6.45) is 1.82. The van der Waals surface area contributed by atoms with Crippen LogP contribution in [0.25, 0.3) is 0 Å². The van der Waals surface area contributed by atoms with Gasteiger partial charge in [-0.2, -0.15) is 0 Å². The maximum atomic E-state index is 5.52. The van der Waals surface area contributed by atoms with Crippen LogP contribution < -0.4 is 4.74 Å². The third-order valence-electron chi connectivity index (χ3n) is 1.65. The van der Waals surface area contributed by atoms with Crippen LogP contribution in [0.3, 0.4) is 0 Å². The second kappa shape index (κ2) is 3.58. The van der Waals surface area contributed by atoms with E-state index in [4.69, 9.17) is 4.74 Å². The van der Waals surface area contributed by atoms with E-state index in [0.717, 1.165) is 16.5 Å². The molecule has 1 aromatic carbocycles. The second-order valence-corrected chi connectivity index (χ2v) is 3.09. The standard InChI is InChI=1S/C10H9NOS/c13-9-5-2-1-4-8(9)12-10-6-3-7-11-10/h1-7,11,13H. The molecule has 0 atom stereocenters. The van der Waals surface area contributed by atoms with Crippen LogP contribution in [0.15, 0.2) is 47.5 Å². The number of ether oxygens (including phenoxy) is 1. The van der Waals surface area contributed by atoms with Gasteiger partial charge < -0.3 is 9.72 Å². The quantitative estimate of drug-likeness (QED) is 0.700. The van der Waals surface area contributed by atoms with Crippen LogP contribution in [0.4, 0.5) is 0 Å². The van der Waals surface area contributed by atoms with Crippen molar-refractivity contribution in [3.63, 3.8) is 0 Å². The first-order valence-electron chi connectivity index (χ1n) is 3.95. The molecule has 0 amide bonds. The van der Waals surface area contributed by atoms with Gasteiger partial charge in [0.15, 0.2) is 5.88 Å². The van der Waals surface area contributed by atoms with Crippen molar-refractivity contribution in [2.75, 3.05) is 0 Å². The minimum absolute atomic E-state index is 0.724. The molecule has 66 valence electrons. The van der Waals surface area contributed by atoms with Crippen LogP contribution >= 0.6 is 12.6 Å². The normalized spacial score (nSPS) is 9.92. The van der Waals surface area contributed by atoms with Gasteiger partial charge in [-0.25, -0.2) is 0 Å². The first-order valence-corrected chi connectivity index (χ1v) is 4.40. The molecule has 0 aliphatic heterocycles. The van der Waals surface area contributed by atoms with Gasteiger partial charge in [-0.3, -0.25) is 0 Å². The van der Waals surface area contributed by atoms with E-state index in [1.165, 1.54) is 0 Å². The lowest BCUT2D eigenvalue weighted by Gasteiger charge is -2.04. The number of para-hydroxylation sites is 1. The second-order valence-electron chi connectivity index (χ2n) is 2.60. The lowest BCUT2D eigenvalue weighted by atomic mass is 10.3. The highest BCUT2D eigenvalue weighted by Crippen LogP contribution is 2.25. The minimum atomic E-state index is 0.724. The van der Waals surface area contributed by atoms with Crippen molar-refractivity contribution in [3.8, 4) is 11.6 Å². The van der Waals surface area contributed by atoms with Crippen molar-refractivity contribution in [1.29, 1.82) is 0 Å². The molecule has 13 heavy (non-hydrogen) atoms. The Morgan fingerprint density at radius 1 is 1.08 bits per heavy atom. The third-order valence-corrected chi connectivity index (χ3v) is 2.02. The fourth-order valence-corrected chi connectivity index (χ4v) is 1.25. The SMILES string of the molecule is Sc1ccccc1Oc1ccc[nH]1. The fourth-order valence-electron chi connectivity index (χ4n) is 1.04. The van der Waals surface area contributed by atoms with E-state index in [-0.39, 0.29) is 0 Å². The zero-order chi connectivity index (χ0) is 9.10. The first-order chi connectivity index (χ1) is 6.36. The van der Waals surface area contributed by atoms with Gasteiger partial charge in [0.1, 0.15) is 5.75 Å². The number of benzene rings is 1. The predicted molar refractivity (Wildman–Crippen MR) is 54.6 cm³/mol. The Hall–Kier alpha value is -1.35. The molecule has 0 aliphatic rings. The zero-order valence-electron chi connectivity index (χ0n) is 6.90. The van der Waals surface area contributed by atoms with Crippen LogP contribution in [-0.2, 0) is 0 Å². The Morgan fingerprint density at radius 2 is 1.92 bits per heavy atom. The Kier molecular flexibility index (Phi) is 2.27. The molecule has 1 N–H and O–H groups in total. The average Bonchev–Trinajstić information content (AvgIpc) is 2.61. The maximum Gasteiger partial charge on any atom is 0.197 e. The smallest absolute Gasteiger partial charge is 0.197 e. The molecule has 0 fully saturated rings. The van der Waals surface area contributed by atoms with Crippen LogP contribution in [0.1, 0.15) is 0 Å². The number of aromatic amines is 1. The third kappa shape index (κ3) is 1.87. The molecule has 0 saturated heterocycles. The summed E-state index contributed by atoms with van der Waals surface area (Å²) in [4.78, 5) is 3.79. The van der Waals surface area contributed by atoms with Crippen LogP contribution in [0.5, 0.6) is 11.6 Å². The van der Waals surface area contributed by atoms with E-state index in [1.807, 2.05) is 42.6 Å². The molecule has 0 radical (unpaired) electrons. The van der Waals surface area contributed by atoms with Gasteiger partial charge in [0.2, 0.25) is 0 Å². The van der Waals surface area contributed by atoms with E-state index >= 15 is 0 Å². The summed E-state index contributed by atoms with van der Waals surface area (Å²) in [6, 6.07) is 11.4. The summed E-state index contributed by atoms with van der Waals surface area (Å²) in [5.41, 5.74) is 0. The van der Waals surface area contributed by atoms with Gasteiger partial charge >= 0.3 is 0 Å². The van der Waals surface area contributed by atoms with Crippen molar-refractivity contribution in [2.24, 2.45) is 0 Å². The lowest BCUT2D eigenvalue weighted by Crippen LogP contribution is -1.84. The van der Waals surface area contributed by atoms with Crippen molar-refractivity contribution in [2.45, 2.75) is 4.90 Å². The summed E-state index contributed by atoms with van der Waals surface area (Å²) in [5.74, 6) is 1.48. The number of hydrogen-bond donors (Lipinski definition) is 2. The molecule has 2 nitrogen and oxygen atoms in total. The topological polar surface area (TPSA) is 25.0 Å². The number of hydrogen-bond acceptors (Lipinski definition) is 2. The fraction of sp³-hybridized carbons (Fsp3) is 0. The predicted octanol–water partition coefficient (Wildman–Crippen LogP) is 3.10. The highest BCUT2D eigenvalue weighted by Gasteiger charge is 1.99. The summed E-state index contributed by atoms with van der Waals surface area (Å²) in [5, 5.41) is 0. The molecule has 1 aromatic heterocycles. The summed E-state index contributed by atoms with van der Waals surface area (Å²) in [6.45, 7) is 0. The average molecular weight is 191 g/mol. The molecule has 2 aromatic rings. The molecule has 2 rings (SSSR count). The van der Waals surface area contributed by atoms with Crippen LogP contribution in [-0.4, -0.2) is 4.98 Å². The van der Waals surface area contributed by atoms with E-state index < -0.39 is 0 Å². The first kappa shape index (κ1) is 8.26. The lowest BCUT2D eigenvalue weighted by molar-refractivity contribution is 0.455. The highest BCUT2D eigenvalue weighted by atomic mass is 32.1. The number of aromatic nitrogens is 1. The molecule has 0 bridgehead atoms. The molecule has 0 unspecified atom stereocenters. The van der Waals surface area contributed by atoms with Gasteiger partial charge in [-0.05, 0) is 18.2 Å². The highest BCUT2D eigenvalue weighted by molar-refractivity contribution is 7.80. The van der Waals surface area contributed by atoms with Crippen molar-refractivity contribution in [1.82, 2.24) is 4.98 Å². The monoisotopic (exact) mass is 191 g/mol. The Morgan fingerprint density at radius 3 is 2.62 bits per heavy atom. The molecule has 0 aliphatic carbocycles. The van der Waals surface area contributed by atoms with Crippen molar-refractivity contribution >= 4 is 12.6 Å². The maximum absolute atomic E-state index is 5.52. The summed E-state index contributed by atoms with van der Waals surface area (Å²) in [7, 11) is 0. The molecule has 0 saturated carbocycles. The van der Waals surface area contributed by atoms with E-state index in [1.54, 1.807) is 0 Å². The van der Waals surface area contributed by atoms with Gasteiger partial charge in [-0.15, -0.1) is 12.6 Å². The minimum Gasteiger partial charge on any atom is -0.440 e. The molecule has 1 heterocycles. The van der Waals surface area contributed by atoms with Gasteiger partial charge in [0, 0.05) is 17.2 Å². The Labute approximate surface area is 82.0 Å². The zero-order valence-corrected chi connectivity index (χ0v) is 7.79. The molecular formula is C10H9NOS. The molecular weight excluding hydrogens is 182 g/mol. The number of H-pyrrole nitrogens is 1. The summed E-state index contributed by atoms with van der Waals surface area (Å²) < 4.78 is 5.52. The van der Waals surface area contributed by atoms with E-state index in [0.29, 0.717) is 0 Å². The van der Waals surface area contributed by atoms with Gasteiger partial charge in [0.25, 0.3) is 0 Å². The van der Waals surface area contributed by atoms with Crippen molar-refractivity contribution in [3.05, 3.63) is 42.6 Å². The van der Waals surface area contributed by atoms with E-state index in [2.05, 4.69) is 17.6 Å². The molecule has 0 spiro atoms. The number of rotatable bonds is 2. The Balaban J connectivity index is 2.24. The number of thiol groups is 1. The largest absolute Gasteiger partial charge is 0.440 e. The number of nitrogens with one attached hydrogen (secondary N) is 1. The van der Waals surface area contributed by atoms with Crippen LogP contribution in [0.2, 0.25) is 0 Å². The van der Waals surface area contributed by atoms with E-state index in [9.17, 15) is 0 Å². The Bertz CT molecular complexity index is 384. The van der Waals surface area contributed by atoms with Gasteiger partial charge in [-0.1, -0.05) is 12.1 Å². The molecule has 3 heteroatoms.